The average Bonchev–Trinajstić information content (AvgIpc) is 2.29. The second kappa shape index (κ2) is 5.33. The second-order valence-corrected chi connectivity index (χ2v) is 5.80. The Morgan fingerprint density at radius 1 is 1.53 bits per heavy atom. The normalized spacial score (nSPS) is 22.4. The SMILES string of the molecule is CCNc1ncc(C)c(N2CC(C)OC(C)(C)C2)n1. The first-order chi connectivity index (χ1) is 8.91. The first-order valence-electron chi connectivity index (χ1n) is 6.91. The van der Waals surface area contributed by atoms with Gasteiger partial charge in [0.05, 0.1) is 11.7 Å². The summed E-state index contributed by atoms with van der Waals surface area (Å²) in [4.78, 5) is 11.2. The molecule has 0 amide bonds. The molecule has 1 atom stereocenters. The fourth-order valence-corrected chi connectivity index (χ4v) is 2.61. The molecule has 1 aromatic rings. The quantitative estimate of drug-likeness (QED) is 0.907. The van der Waals surface area contributed by atoms with E-state index in [1.807, 2.05) is 13.1 Å². The van der Waals surface area contributed by atoms with Crippen LogP contribution in [-0.2, 0) is 4.74 Å². The first-order valence-corrected chi connectivity index (χ1v) is 6.91. The Kier molecular flexibility index (Phi) is 3.94. The molecule has 5 heteroatoms. The summed E-state index contributed by atoms with van der Waals surface area (Å²) < 4.78 is 5.94. The van der Waals surface area contributed by atoms with Gasteiger partial charge < -0.3 is 15.0 Å². The van der Waals surface area contributed by atoms with Crippen molar-refractivity contribution in [2.75, 3.05) is 29.9 Å². The van der Waals surface area contributed by atoms with Crippen LogP contribution in [0.5, 0.6) is 0 Å². The summed E-state index contributed by atoms with van der Waals surface area (Å²) in [6.07, 6.45) is 2.09. The molecule has 0 spiro atoms. The van der Waals surface area contributed by atoms with E-state index in [2.05, 4.69) is 47.9 Å². The summed E-state index contributed by atoms with van der Waals surface area (Å²) in [5.41, 5.74) is 0.958. The van der Waals surface area contributed by atoms with Gasteiger partial charge in [0.2, 0.25) is 5.95 Å². The van der Waals surface area contributed by atoms with Crippen LogP contribution in [0.3, 0.4) is 0 Å². The Labute approximate surface area is 115 Å². The van der Waals surface area contributed by atoms with E-state index in [9.17, 15) is 0 Å². The lowest BCUT2D eigenvalue weighted by Gasteiger charge is -2.42. The predicted molar refractivity (Wildman–Crippen MR) is 77.8 cm³/mol. The Morgan fingerprint density at radius 2 is 2.26 bits per heavy atom. The van der Waals surface area contributed by atoms with Crippen molar-refractivity contribution < 1.29 is 4.74 Å². The predicted octanol–water partition coefficient (Wildman–Crippen LogP) is 2.22. The lowest BCUT2D eigenvalue weighted by atomic mass is 10.1. The molecule has 1 aliphatic heterocycles. The van der Waals surface area contributed by atoms with E-state index >= 15 is 0 Å². The summed E-state index contributed by atoms with van der Waals surface area (Å²) >= 11 is 0. The van der Waals surface area contributed by atoms with Gasteiger partial charge in [0, 0.05) is 31.4 Å². The highest BCUT2D eigenvalue weighted by Crippen LogP contribution is 2.27. The molecular weight excluding hydrogens is 240 g/mol. The number of morpholine rings is 1. The number of rotatable bonds is 3. The summed E-state index contributed by atoms with van der Waals surface area (Å²) in [5.74, 6) is 1.70. The zero-order valence-electron chi connectivity index (χ0n) is 12.5. The third-order valence-corrected chi connectivity index (χ3v) is 3.15. The number of ether oxygens (including phenoxy) is 1. The largest absolute Gasteiger partial charge is 0.369 e. The topological polar surface area (TPSA) is 50.3 Å². The Bertz CT molecular complexity index is 447. The van der Waals surface area contributed by atoms with E-state index in [0.29, 0.717) is 5.95 Å². The van der Waals surface area contributed by atoms with Crippen molar-refractivity contribution in [2.45, 2.75) is 46.3 Å². The first kappa shape index (κ1) is 14.1. The number of aryl methyl sites for hydroxylation is 1. The molecule has 1 aliphatic rings. The van der Waals surface area contributed by atoms with Gasteiger partial charge in [0.15, 0.2) is 0 Å². The molecule has 1 saturated heterocycles. The van der Waals surface area contributed by atoms with Gasteiger partial charge in [-0.05, 0) is 34.6 Å². The average molecular weight is 264 g/mol. The van der Waals surface area contributed by atoms with Gasteiger partial charge in [-0.25, -0.2) is 4.98 Å². The summed E-state index contributed by atoms with van der Waals surface area (Å²) in [7, 11) is 0. The summed E-state index contributed by atoms with van der Waals surface area (Å²) in [5, 5.41) is 3.17. The number of anilines is 2. The molecule has 106 valence electrons. The maximum atomic E-state index is 5.94. The van der Waals surface area contributed by atoms with Gasteiger partial charge in [-0.1, -0.05) is 0 Å². The molecule has 0 saturated carbocycles. The Morgan fingerprint density at radius 3 is 2.89 bits per heavy atom. The molecule has 1 fully saturated rings. The molecule has 5 nitrogen and oxygen atoms in total. The van der Waals surface area contributed by atoms with Crippen molar-refractivity contribution in [2.24, 2.45) is 0 Å². The molecule has 1 unspecified atom stereocenters. The van der Waals surface area contributed by atoms with Crippen LogP contribution in [-0.4, -0.2) is 41.3 Å². The maximum absolute atomic E-state index is 5.94. The zero-order chi connectivity index (χ0) is 14.0. The van der Waals surface area contributed by atoms with Crippen molar-refractivity contribution >= 4 is 11.8 Å². The minimum atomic E-state index is -0.145. The molecule has 0 bridgehead atoms. The fraction of sp³-hybridized carbons (Fsp3) is 0.714. The van der Waals surface area contributed by atoms with Gasteiger partial charge in [0.1, 0.15) is 5.82 Å². The highest BCUT2D eigenvalue weighted by molar-refractivity contribution is 5.49. The van der Waals surface area contributed by atoms with E-state index in [1.165, 1.54) is 0 Å². The molecule has 2 rings (SSSR count). The molecule has 19 heavy (non-hydrogen) atoms. The fourth-order valence-electron chi connectivity index (χ4n) is 2.61. The van der Waals surface area contributed by atoms with Crippen LogP contribution >= 0.6 is 0 Å². The van der Waals surface area contributed by atoms with Crippen LogP contribution in [0.4, 0.5) is 11.8 Å². The van der Waals surface area contributed by atoms with Gasteiger partial charge in [-0.15, -0.1) is 0 Å². The van der Waals surface area contributed by atoms with Crippen molar-refractivity contribution in [3.05, 3.63) is 11.8 Å². The standard InChI is InChI=1S/C14H24N4O/c1-6-15-13-16-7-10(2)12(17-13)18-8-11(3)19-14(4,5)9-18/h7,11H,6,8-9H2,1-5H3,(H,15,16,17). The van der Waals surface area contributed by atoms with Crippen LogP contribution < -0.4 is 10.2 Å². The van der Waals surface area contributed by atoms with Gasteiger partial charge in [-0.2, -0.15) is 4.98 Å². The van der Waals surface area contributed by atoms with Gasteiger partial charge in [0.25, 0.3) is 0 Å². The summed E-state index contributed by atoms with van der Waals surface area (Å²) in [6.45, 7) is 13.0. The Balaban J connectivity index is 2.27. The highest BCUT2D eigenvalue weighted by atomic mass is 16.5. The third-order valence-electron chi connectivity index (χ3n) is 3.15. The van der Waals surface area contributed by atoms with Crippen molar-refractivity contribution in [1.29, 1.82) is 0 Å². The zero-order valence-corrected chi connectivity index (χ0v) is 12.5. The highest BCUT2D eigenvalue weighted by Gasteiger charge is 2.32. The van der Waals surface area contributed by atoms with E-state index < -0.39 is 0 Å². The van der Waals surface area contributed by atoms with Crippen molar-refractivity contribution in [1.82, 2.24) is 9.97 Å². The summed E-state index contributed by atoms with van der Waals surface area (Å²) in [6, 6.07) is 0. The minimum absolute atomic E-state index is 0.145. The van der Waals surface area contributed by atoms with E-state index in [1.54, 1.807) is 0 Å². The molecule has 0 aromatic carbocycles. The van der Waals surface area contributed by atoms with Crippen LogP contribution in [0.2, 0.25) is 0 Å². The van der Waals surface area contributed by atoms with E-state index in [4.69, 9.17) is 4.74 Å². The molecule has 1 N–H and O–H groups in total. The van der Waals surface area contributed by atoms with Crippen LogP contribution in [0.15, 0.2) is 6.20 Å². The maximum Gasteiger partial charge on any atom is 0.224 e. The smallest absolute Gasteiger partial charge is 0.224 e. The number of nitrogens with one attached hydrogen (secondary N) is 1. The van der Waals surface area contributed by atoms with E-state index in [0.717, 1.165) is 31.0 Å². The van der Waals surface area contributed by atoms with Gasteiger partial charge in [-0.3, -0.25) is 0 Å². The lowest BCUT2D eigenvalue weighted by Crippen LogP contribution is -2.52. The van der Waals surface area contributed by atoms with Crippen molar-refractivity contribution in [3.8, 4) is 0 Å². The molecule has 2 heterocycles. The van der Waals surface area contributed by atoms with Crippen LogP contribution in [0, 0.1) is 6.92 Å². The van der Waals surface area contributed by atoms with E-state index in [-0.39, 0.29) is 11.7 Å². The Hall–Kier alpha value is -1.36. The third kappa shape index (κ3) is 3.35. The lowest BCUT2D eigenvalue weighted by molar-refractivity contribution is -0.0751. The molecule has 0 aliphatic carbocycles. The van der Waals surface area contributed by atoms with Crippen LogP contribution in [0.1, 0.15) is 33.3 Å². The van der Waals surface area contributed by atoms with Gasteiger partial charge >= 0.3 is 0 Å². The number of aromatic nitrogens is 2. The second-order valence-electron chi connectivity index (χ2n) is 5.80. The minimum Gasteiger partial charge on any atom is -0.369 e. The molecule has 0 radical (unpaired) electrons. The molecule has 1 aromatic heterocycles. The molecular formula is C14H24N4O. The number of hydrogen-bond acceptors (Lipinski definition) is 5. The number of nitrogens with zero attached hydrogens (tertiary/aromatic N) is 3. The van der Waals surface area contributed by atoms with Crippen LogP contribution in [0.25, 0.3) is 0 Å². The number of hydrogen-bond donors (Lipinski definition) is 1. The van der Waals surface area contributed by atoms with Crippen molar-refractivity contribution in [3.63, 3.8) is 0 Å². The monoisotopic (exact) mass is 264 g/mol.